The van der Waals surface area contributed by atoms with Crippen LogP contribution in [0.1, 0.15) is 19.8 Å². The van der Waals surface area contributed by atoms with Crippen molar-refractivity contribution in [3.05, 3.63) is 0 Å². The van der Waals surface area contributed by atoms with Crippen LogP contribution in [0.2, 0.25) is 0 Å². The highest BCUT2D eigenvalue weighted by molar-refractivity contribution is 5.85. The van der Waals surface area contributed by atoms with E-state index in [1.807, 2.05) is 11.9 Å². The minimum absolute atomic E-state index is 0. The van der Waals surface area contributed by atoms with Crippen molar-refractivity contribution in [3.63, 3.8) is 0 Å². The molecule has 0 aromatic rings. The van der Waals surface area contributed by atoms with Gasteiger partial charge in [0.15, 0.2) is 0 Å². The summed E-state index contributed by atoms with van der Waals surface area (Å²) in [5, 5.41) is 8.88. The molecule has 16 heavy (non-hydrogen) atoms. The highest BCUT2D eigenvalue weighted by Crippen LogP contribution is 2.16. The van der Waals surface area contributed by atoms with Crippen LogP contribution in [0.25, 0.3) is 0 Å². The molecule has 0 radical (unpaired) electrons. The fraction of sp³-hybridized carbons (Fsp3) is 0.900. The Labute approximate surface area is 110 Å². The van der Waals surface area contributed by atoms with Crippen LogP contribution in [-0.4, -0.2) is 60.1 Å². The van der Waals surface area contributed by atoms with Gasteiger partial charge < -0.3 is 10.0 Å². The Kier molecular flexibility index (Phi) is 9.30. The Morgan fingerprint density at radius 1 is 1.38 bits per heavy atom. The Morgan fingerprint density at radius 2 is 1.81 bits per heavy atom. The lowest BCUT2D eigenvalue weighted by Gasteiger charge is -2.36. The zero-order valence-electron chi connectivity index (χ0n) is 10.0. The molecule has 1 fully saturated rings. The molecule has 1 N–H and O–H groups in total. The third kappa shape index (κ3) is 4.87. The number of rotatable bonds is 3. The molecule has 1 aliphatic heterocycles. The van der Waals surface area contributed by atoms with Gasteiger partial charge in [-0.1, -0.05) is 0 Å². The molecule has 1 saturated heterocycles. The summed E-state index contributed by atoms with van der Waals surface area (Å²) in [5.74, 6) is -0.730. The number of carboxylic acid groups (broad SMARTS) is 1. The number of hydrogen-bond donors (Lipinski definition) is 1. The number of carboxylic acids is 1. The van der Waals surface area contributed by atoms with Gasteiger partial charge in [-0.3, -0.25) is 9.69 Å². The quantitative estimate of drug-likeness (QED) is 0.842. The van der Waals surface area contributed by atoms with Crippen LogP contribution in [0.5, 0.6) is 0 Å². The van der Waals surface area contributed by atoms with Gasteiger partial charge in [-0.2, -0.15) is 0 Å². The van der Waals surface area contributed by atoms with E-state index >= 15 is 0 Å². The number of carbonyl (C=O) groups is 1. The average Bonchev–Trinajstić information content (AvgIpc) is 2.16. The molecule has 0 aliphatic carbocycles. The molecule has 0 saturated carbocycles. The first-order valence-electron chi connectivity index (χ1n) is 5.15. The second-order valence-corrected chi connectivity index (χ2v) is 4.21. The number of aliphatic carboxylic acids is 1. The number of halogens is 2. The predicted octanol–water partition coefficient (Wildman–Crippen LogP) is 1.33. The lowest BCUT2D eigenvalue weighted by molar-refractivity contribution is -0.143. The van der Waals surface area contributed by atoms with Crippen LogP contribution >= 0.6 is 24.8 Å². The van der Waals surface area contributed by atoms with Crippen molar-refractivity contribution in [2.45, 2.75) is 31.8 Å². The second-order valence-electron chi connectivity index (χ2n) is 4.21. The number of hydrogen-bond acceptors (Lipinski definition) is 3. The molecular formula is C10H22Cl2N2O2. The van der Waals surface area contributed by atoms with E-state index in [0.29, 0.717) is 6.04 Å². The van der Waals surface area contributed by atoms with Crippen LogP contribution in [0.3, 0.4) is 0 Å². The van der Waals surface area contributed by atoms with Crippen molar-refractivity contribution in [1.82, 2.24) is 9.80 Å². The molecule has 98 valence electrons. The molecule has 0 aromatic heterocycles. The predicted molar refractivity (Wildman–Crippen MR) is 69.9 cm³/mol. The van der Waals surface area contributed by atoms with Gasteiger partial charge in [-0.25, -0.2) is 0 Å². The molecule has 0 aromatic carbocycles. The van der Waals surface area contributed by atoms with Crippen molar-refractivity contribution in [2.24, 2.45) is 0 Å². The first kappa shape index (κ1) is 18.3. The molecule has 1 heterocycles. The Bertz CT molecular complexity index is 209. The molecule has 1 atom stereocenters. The van der Waals surface area contributed by atoms with E-state index in [9.17, 15) is 4.79 Å². The molecule has 0 amide bonds. The summed E-state index contributed by atoms with van der Waals surface area (Å²) in [6, 6.07) is 0.0562. The summed E-state index contributed by atoms with van der Waals surface area (Å²) in [6.45, 7) is 3.89. The summed E-state index contributed by atoms with van der Waals surface area (Å²) in [5.41, 5.74) is 0. The van der Waals surface area contributed by atoms with Crippen molar-refractivity contribution in [1.29, 1.82) is 0 Å². The second kappa shape index (κ2) is 8.12. The zero-order valence-corrected chi connectivity index (χ0v) is 11.7. The van der Waals surface area contributed by atoms with E-state index in [4.69, 9.17) is 5.11 Å². The summed E-state index contributed by atoms with van der Waals surface area (Å²) >= 11 is 0. The summed E-state index contributed by atoms with van der Waals surface area (Å²) in [6.07, 6.45) is 2.15. The number of likely N-dealkylation sites (N-methyl/N-ethyl adjacent to an activating group) is 1. The maximum absolute atomic E-state index is 10.8. The maximum Gasteiger partial charge on any atom is 0.320 e. The Hall–Kier alpha value is -0.0300. The number of nitrogens with zero attached hydrogens (tertiary/aromatic N) is 2. The van der Waals surface area contributed by atoms with Gasteiger partial charge in [0.05, 0.1) is 0 Å². The van der Waals surface area contributed by atoms with Gasteiger partial charge >= 0.3 is 5.97 Å². The van der Waals surface area contributed by atoms with E-state index in [1.165, 1.54) is 0 Å². The number of likely N-dealkylation sites (tertiary alicyclic amines) is 1. The Morgan fingerprint density at radius 3 is 2.19 bits per heavy atom. The molecule has 4 nitrogen and oxygen atoms in total. The normalized spacial score (nSPS) is 19.8. The average molecular weight is 273 g/mol. The van der Waals surface area contributed by atoms with Crippen LogP contribution in [0.15, 0.2) is 0 Å². The lowest BCUT2D eigenvalue weighted by Crippen LogP contribution is -2.47. The van der Waals surface area contributed by atoms with Crippen molar-refractivity contribution in [3.8, 4) is 0 Å². The number of piperidine rings is 1. The molecule has 1 unspecified atom stereocenters. The third-order valence-electron chi connectivity index (χ3n) is 3.23. The minimum atomic E-state index is -0.730. The lowest BCUT2D eigenvalue weighted by atomic mass is 10.0. The fourth-order valence-electron chi connectivity index (χ4n) is 1.89. The van der Waals surface area contributed by atoms with E-state index in [-0.39, 0.29) is 30.9 Å². The monoisotopic (exact) mass is 272 g/mol. The Balaban J connectivity index is 0. The summed E-state index contributed by atoms with van der Waals surface area (Å²) in [7, 11) is 4.02. The minimum Gasteiger partial charge on any atom is -0.480 e. The highest BCUT2D eigenvalue weighted by Gasteiger charge is 2.26. The third-order valence-corrected chi connectivity index (χ3v) is 3.23. The fourth-order valence-corrected chi connectivity index (χ4v) is 1.89. The van der Waals surface area contributed by atoms with Gasteiger partial charge in [0.2, 0.25) is 0 Å². The molecule has 1 aliphatic rings. The van der Waals surface area contributed by atoms with Crippen LogP contribution in [0.4, 0.5) is 0 Å². The first-order valence-corrected chi connectivity index (χ1v) is 5.15. The SMILES string of the molecule is CC(C(=O)O)N(C)C1CCN(C)CC1.Cl.Cl. The van der Waals surface area contributed by atoms with Gasteiger partial charge in [-0.05, 0) is 47.0 Å². The van der Waals surface area contributed by atoms with Gasteiger partial charge in [0, 0.05) is 6.04 Å². The van der Waals surface area contributed by atoms with E-state index in [1.54, 1.807) is 6.92 Å². The first-order chi connectivity index (χ1) is 6.52. The molecular weight excluding hydrogens is 251 g/mol. The van der Waals surface area contributed by atoms with Gasteiger partial charge in [0.1, 0.15) is 6.04 Å². The molecule has 1 rings (SSSR count). The standard InChI is InChI=1S/C10H20N2O2.2ClH/c1-8(10(13)14)12(3)9-4-6-11(2)7-5-9;;/h8-9H,4-7H2,1-3H3,(H,13,14);2*1H. The zero-order chi connectivity index (χ0) is 10.7. The van der Waals surface area contributed by atoms with Crippen molar-refractivity contribution in [2.75, 3.05) is 27.2 Å². The van der Waals surface area contributed by atoms with Crippen molar-refractivity contribution < 1.29 is 9.90 Å². The van der Waals surface area contributed by atoms with Crippen LogP contribution in [-0.2, 0) is 4.79 Å². The van der Waals surface area contributed by atoms with Crippen LogP contribution in [0, 0.1) is 0 Å². The maximum atomic E-state index is 10.8. The van der Waals surface area contributed by atoms with Gasteiger partial charge in [-0.15, -0.1) is 24.8 Å². The van der Waals surface area contributed by atoms with E-state index < -0.39 is 5.97 Å². The van der Waals surface area contributed by atoms with Gasteiger partial charge in [0.25, 0.3) is 0 Å². The van der Waals surface area contributed by atoms with E-state index in [2.05, 4.69) is 11.9 Å². The summed E-state index contributed by atoms with van der Waals surface area (Å²) in [4.78, 5) is 15.1. The molecule has 0 bridgehead atoms. The van der Waals surface area contributed by atoms with Crippen LogP contribution < -0.4 is 0 Å². The van der Waals surface area contributed by atoms with Crippen molar-refractivity contribution >= 4 is 30.8 Å². The molecule has 6 heteroatoms. The highest BCUT2D eigenvalue weighted by atomic mass is 35.5. The molecule has 0 spiro atoms. The largest absolute Gasteiger partial charge is 0.480 e. The summed E-state index contributed by atoms with van der Waals surface area (Å²) < 4.78 is 0. The topological polar surface area (TPSA) is 43.8 Å². The van der Waals surface area contributed by atoms with E-state index in [0.717, 1.165) is 25.9 Å². The smallest absolute Gasteiger partial charge is 0.320 e.